The van der Waals surface area contributed by atoms with Crippen LogP contribution in [0.4, 0.5) is 18.2 Å². The third-order valence-electron chi connectivity index (χ3n) is 4.23. The highest BCUT2D eigenvalue weighted by molar-refractivity contribution is 7.18. The lowest BCUT2D eigenvalue weighted by atomic mass is 10.1. The van der Waals surface area contributed by atoms with Gasteiger partial charge in [-0.05, 0) is 46.2 Å². The van der Waals surface area contributed by atoms with Gasteiger partial charge in [0.2, 0.25) is 5.91 Å². The topological polar surface area (TPSA) is 99.5 Å². The predicted octanol–water partition coefficient (Wildman–Crippen LogP) is 4.35. The minimum Gasteiger partial charge on any atom is -0.462 e. The number of hydrogen-bond acceptors (Lipinski definition) is 7. The molecule has 0 unspecified atom stereocenters. The molecule has 2 aromatic heterocycles. The quantitative estimate of drug-likeness (QED) is 0.570. The fourth-order valence-electron chi connectivity index (χ4n) is 2.78. The Morgan fingerprint density at radius 1 is 1.22 bits per heavy atom. The lowest BCUT2D eigenvalue weighted by Gasteiger charge is -2.10. The van der Waals surface area contributed by atoms with Crippen LogP contribution in [0.2, 0.25) is 0 Å². The van der Waals surface area contributed by atoms with E-state index in [9.17, 15) is 27.6 Å². The molecule has 0 aromatic carbocycles. The van der Waals surface area contributed by atoms with E-state index in [-0.39, 0.29) is 40.7 Å². The Balaban J connectivity index is 2.22. The number of esters is 2. The summed E-state index contributed by atoms with van der Waals surface area (Å²) in [7, 11) is 0. The molecule has 1 amide bonds. The first-order valence-corrected chi connectivity index (χ1v) is 10.6. The second kappa shape index (κ2) is 10.2. The summed E-state index contributed by atoms with van der Waals surface area (Å²) in [4.78, 5) is 37.4. The van der Waals surface area contributed by atoms with Crippen LogP contribution in [0.15, 0.2) is 6.07 Å². The van der Waals surface area contributed by atoms with Gasteiger partial charge in [0, 0.05) is 18.7 Å². The van der Waals surface area contributed by atoms with Gasteiger partial charge in [-0.3, -0.25) is 9.48 Å². The number of hydrogen-bond donors (Lipinski definition) is 1. The zero-order valence-electron chi connectivity index (χ0n) is 18.3. The second-order valence-corrected chi connectivity index (χ2v) is 8.15. The van der Waals surface area contributed by atoms with Gasteiger partial charge in [0.15, 0.2) is 5.69 Å². The van der Waals surface area contributed by atoms with E-state index in [4.69, 9.17) is 9.47 Å². The van der Waals surface area contributed by atoms with Crippen molar-refractivity contribution in [2.45, 2.75) is 59.9 Å². The van der Waals surface area contributed by atoms with Crippen LogP contribution in [-0.4, -0.2) is 40.3 Å². The van der Waals surface area contributed by atoms with Crippen LogP contribution in [-0.2, 0) is 27.0 Å². The highest BCUT2D eigenvalue weighted by atomic mass is 32.1. The van der Waals surface area contributed by atoms with Crippen molar-refractivity contribution in [2.24, 2.45) is 0 Å². The number of anilines is 1. The van der Waals surface area contributed by atoms with Crippen molar-refractivity contribution in [3.8, 4) is 0 Å². The van der Waals surface area contributed by atoms with Gasteiger partial charge in [-0.15, -0.1) is 11.3 Å². The Kier molecular flexibility index (Phi) is 8.05. The third-order valence-corrected chi connectivity index (χ3v) is 5.42. The molecule has 0 aliphatic carbocycles. The van der Waals surface area contributed by atoms with Crippen LogP contribution >= 0.6 is 11.3 Å². The van der Waals surface area contributed by atoms with Gasteiger partial charge in [-0.2, -0.15) is 18.3 Å². The van der Waals surface area contributed by atoms with Crippen LogP contribution in [0.25, 0.3) is 0 Å². The molecule has 0 saturated carbocycles. The molecule has 0 spiro atoms. The van der Waals surface area contributed by atoms with Crippen molar-refractivity contribution in [1.29, 1.82) is 0 Å². The molecule has 8 nitrogen and oxygen atoms in total. The van der Waals surface area contributed by atoms with Crippen molar-refractivity contribution in [3.05, 3.63) is 33.5 Å². The van der Waals surface area contributed by atoms with E-state index in [1.807, 2.05) is 0 Å². The molecule has 1 N–H and O–H groups in total. The minimum absolute atomic E-state index is 0.0368. The number of rotatable bonds is 8. The number of thiophene rings is 1. The summed E-state index contributed by atoms with van der Waals surface area (Å²) in [5.41, 5.74) is -0.438. The molecule has 0 atom stereocenters. The molecule has 12 heteroatoms. The number of aryl methyl sites for hydroxylation is 2. The van der Waals surface area contributed by atoms with E-state index >= 15 is 0 Å². The minimum atomic E-state index is -4.58. The van der Waals surface area contributed by atoms with Crippen molar-refractivity contribution in [2.75, 3.05) is 11.9 Å². The standard InChI is InChI=1S/C20H24F3N3O5S/c1-6-30-19(29)16-12(5)15(18(28)31-10(2)3)17(32-16)24-14(27)7-8-26-11(4)9-13(25-26)20(21,22)23/h9-10H,6-8H2,1-5H3,(H,24,27). The summed E-state index contributed by atoms with van der Waals surface area (Å²) in [6.45, 7) is 7.98. The molecule has 0 bridgehead atoms. The summed E-state index contributed by atoms with van der Waals surface area (Å²) in [6.07, 6.45) is -5.21. The average Bonchev–Trinajstić information content (AvgIpc) is 3.19. The fourth-order valence-corrected chi connectivity index (χ4v) is 3.89. The normalized spacial score (nSPS) is 11.5. The van der Waals surface area contributed by atoms with Gasteiger partial charge in [-0.25, -0.2) is 9.59 Å². The zero-order chi connectivity index (χ0) is 24.2. The number of carbonyl (C=O) groups excluding carboxylic acids is 3. The molecule has 2 heterocycles. The van der Waals surface area contributed by atoms with E-state index in [0.29, 0.717) is 5.56 Å². The molecule has 176 valence electrons. The Morgan fingerprint density at radius 3 is 2.41 bits per heavy atom. The van der Waals surface area contributed by atoms with E-state index in [0.717, 1.165) is 22.1 Å². The number of nitrogens with zero attached hydrogens (tertiary/aromatic N) is 2. The number of alkyl halides is 3. The lowest BCUT2D eigenvalue weighted by molar-refractivity contribution is -0.141. The molecule has 0 saturated heterocycles. The summed E-state index contributed by atoms with van der Waals surface area (Å²) >= 11 is 0.872. The first kappa shape index (κ1) is 25.4. The number of nitrogens with one attached hydrogen (secondary N) is 1. The van der Waals surface area contributed by atoms with Crippen LogP contribution in [0.5, 0.6) is 0 Å². The third kappa shape index (κ3) is 6.09. The smallest absolute Gasteiger partial charge is 0.435 e. The monoisotopic (exact) mass is 475 g/mol. The van der Waals surface area contributed by atoms with Crippen molar-refractivity contribution >= 4 is 34.2 Å². The largest absolute Gasteiger partial charge is 0.462 e. The second-order valence-electron chi connectivity index (χ2n) is 7.12. The number of carbonyl (C=O) groups is 3. The number of ether oxygens (including phenoxy) is 2. The Morgan fingerprint density at radius 2 is 1.88 bits per heavy atom. The first-order chi connectivity index (χ1) is 14.8. The van der Waals surface area contributed by atoms with E-state index in [2.05, 4.69) is 10.4 Å². The zero-order valence-corrected chi connectivity index (χ0v) is 19.1. The van der Waals surface area contributed by atoms with Crippen molar-refractivity contribution < 1.29 is 37.0 Å². The van der Waals surface area contributed by atoms with Crippen molar-refractivity contribution in [1.82, 2.24) is 9.78 Å². The molecule has 0 aliphatic heterocycles. The average molecular weight is 475 g/mol. The highest BCUT2D eigenvalue weighted by Gasteiger charge is 2.34. The molecule has 32 heavy (non-hydrogen) atoms. The van der Waals surface area contributed by atoms with E-state index in [1.165, 1.54) is 6.92 Å². The summed E-state index contributed by atoms with van der Waals surface area (Å²) in [5.74, 6) is -1.91. The van der Waals surface area contributed by atoms with Gasteiger partial charge >= 0.3 is 18.1 Å². The molecule has 0 fully saturated rings. The first-order valence-electron chi connectivity index (χ1n) is 9.78. The molecule has 0 aliphatic rings. The van der Waals surface area contributed by atoms with Gasteiger partial charge < -0.3 is 14.8 Å². The maximum absolute atomic E-state index is 12.8. The predicted molar refractivity (Wildman–Crippen MR) is 111 cm³/mol. The number of halogens is 3. The fraction of sp³-hybridized carbons (Fsp3) is 0.500. The SMILES string of the molecule is CCOC(=O)c1sc(NC(=O)CCn2nc(C(F)(F)F)cc2C)c(C(=O)OC(C)C)c1C. The molecule has 0 radical (unpaired) electrons. The van der Waals surface area contributed by atoms with Crippen LogP contribution < -0.4 is 5.32 Å². The van der Waals surface area contributed by atoms with E-state index in [1.54, 1.807) is 27.7 Å². The van der Waals surface area contributed by atoms with Gasteiger partial charge in [0.1, 0.15) is 9.88 Å². The summed E-state index contributed by atoms with van der Waals surface area (Å²) in [6, 6.07) is 0.895. The number of amides is 1. The van der Waals surface area contributed by atoms with Crippen LogP contribution in [0.3, 0.4) is 0 Å². The van der Waals surface area contributed by atoms with Crippen LogP contribution in [0.1, 0.15) is 64.2 Å². The van der Waals surface area contributed by atoms with E-state index < -0.39 is 35.8 Å². The maximum Gasteiger partial charge on any atom is 0.435 e. The molecular formula is C20H24F3N3O5S. The molecular weight excluding hydrogens is 451 g/mol. The Hall–Kier alpha value is -2.89. The Labute approximate surface area is 186 Å². The lowest BCUT2D eigenvalue weighted by Crippen LogP contribution is -2.18. The summed E-state index contributed by atoms with van der Waals surface area (Å²) < 4.78 is 49.7. The van der Waals surface area contributed by atoms with Gasteiger partial charge in [-0.1, -0.05) is 0 Å². The van der Waals surface area contributed by atoms with Gasteiger partial charge in [0.05, 0.1) is 18.3 Å². The van der Waals surface area contributed by atoms with Gasteiger partial charge in [0.25, 0.3) is 0 Å². The highest BCUT2D eigenvalue weighted by Crippen LogP contribution is 2.35. The summed E-state index contributed by atoms with van der Waals surface area (Å²) in [5, 5.41) is 6.14. The van der Waals surface area contributed by atoms with Crippen LogP contribution in [0, 0.1) is 13.8 Å². The number of aromatic nitrogens is 2. The maximum atomic E-state index is 12.8. The Bertz CT molecular complexity index is 1010. The molecule has 2 aromatic rings. The van der Waals surface area contributed by atoms with Crippen molar-refractivity contribution in [3.63, 3.8) is 0 Å². The molecule has 2 rings (SSSR count).